The molecule has 4 rings (SSSR count). The molecule has 1 fully saturated rings. The van der Waals surface area contributed by atoms with E-state index in [1.807, 2.05) is 0 Å². The molecule has 2 heterocycles. The van der Waals surface area contributed by atoms with Gasteiger partial charge in [0.1, 0.15) is 28.1 Å². The average molecular weight is 358 g/mol. The molecule has 0 spiro atoms. The average Bonchev–Trinajstić information content (AvgIpc) is 3.23. The van der Waals surface area contributed by atoms with Crippen LogP contribution in [0.2, 0.25) is 0 Å². The van der Waals surface area contributed by atoms with Crippen molar-refractivity contribution in [1.82, 2.24) is 15.0 Å². The number of aromatic nitrogens is 3. The number of hydrogen-bond donors (Lipinski definition) is 2. The van der Waals surface area contributed by atoms with Gasteiger partial charge in [0.15, 0.2) is 0 Å². The SMILES string of the molecule is CC1(COc2ncnc3c(S(=O)(=O)c4ccccc4)c(N)[nH]c23)CC1. The molecule has 0 aliphatic heterocycles. The van der Waals surface area contributed by atoms with Crippen LogP contribution in [0.3, 0.4) is 0 Å². The minimum Gasteiger partial charge on any atom is -0.476 e. The van der Waals surface area contributed by atoms with Crippen molar-refractivity contribution in [3.05, 3.63) is 36.7 Å². The highest BCUT2D eigenvalue weighted by atomic mass is 32.2. The molecular weight excluding hydrogens is 340 g/mol. The molecule has 0 amide bonds. The molecule has 3 aromatic rings. The van der Waals surface area contributed by atoms with Crippen LogP contribution in [0, 0.1) is 5.41 Å². The Balaban J connectivity index is 1.81. The minimum absolute atomic E-state index is 0.0295. The van der Waals surface area contributed by atoms with Crippen LogP contribution < -0.4 is 10.5 Å². The molecule has 2 aromatic heterocycles. The highest BCUT2D eigenvalue weighted by Crippen LogP contribution is 2.45. The third kappa shape index (κ3) is 2.72. The van der Waals surface area contributed by atoms with Crippen molar-refractivity contribution >= 4 is 26.7 Å². The van der Waals surface area contributed by atoms with Gasteiger partial charge < -0.3 is 15.5 Å². The zero-order valence-corrected chi connectivity index (χ0v) is 14.5. The summed E-state index contributed by atoms with van der Waals surface area (Å²) in [4.78, 5) is 11.3. The molecule has 0 saturated heterocycles. The third-order valence-corrected chi connectivity index (χ3v) is 6.36. The van der Waals surface area contributed by atoms with E-state index in [0.29, 0.717) is 18.0 Å². The van der Waals surface area contributed by atoms with Gasteiger partial charge in [-0.25, -0.2) is 13.4 Å². The van der Waals surface area contributed by atoms with E-state index in [0.717, 1.165) is 12.8 Å². The Kier molecular flexibility index (Phi) is 3.47. The molecular formula is C17H18N4O3S. The van der Waals surface area contributed by atoms with E-state index in [1.54, 1.807) is 18.2 Å². The van der Waals surface area contributed by atoms with E-state index in [9.17, 15) is 8.42 Å². The van der Waals surface area contributed by atoms with Crippen LogP contribution in [0.4, 0.5) is 5.82 Å². The second-order valence-electron chi connectivity index (χ2n) is 6.69. The predicted octanol–water partition coefficient (Wildman–Crippen LogP) is 2.55. The number of aromatic amines is 1. The summed E-state index contributed by atoms with van der Waals surface area (Å²) >= 11 is 0. The highest BCUT2D eigenvalue weighted by Gasteiger charge is 2.38. The van der Waals surface area contributed by atoms with Gasteiger partial charge in [-0.15, -0.1) is 0 Å². The highest BCUT2D eigenvalue weighted by molar-refractivity contribution is 7.92. The largest absolute Gasteiger partial charge is 0.476 e. The van der Waals surface area contributed by atoms with Gasteiger partial charge in [-0.2, -0.15) is 4.98 Å². The number of rotatable bonds is 5. The van der Waals surface area contributed by atoms with Crippen LogP contribution >= 0.6 is 0 Å². The van der Waals surface area contributed by atoms with Crippen molar-refractivity contribution in [3.63, 3.8) is 0 Å². The Hall–Kier alpha value is -2.61. The number of nitrogen functional groups attached to an aromatic ring is 1. The van der Waals surface area contributed by atoms with Crippen molar-refractivity contribution in [1.29, 1.82) is 0 Å². The lowest BCUT2D eigenvalue weighted by atomic mass is 10.2. The predicted molar refractivity (Wildman–Crippen MR) is 93.0 cm³/mol. The van der Waals surface area contributed by atoms with E-state index in [1.165, 1.54) is 18.5 Å². The summed E-state index contributed by atoms with van der Waals surface area (Å²) in [5.74, 6) is 0.348. The normalized spacial score (nSPS) is 16.0. The van der Waals surface area contributed by atoms with Crippen LogP contribution in [0.15, 0.2) is 46.5 Å². The van der Waals surface area contributed by atoms with Gasteiger partial charge in [-0.3, -0.25) is 0 Å². The summed E-state index contributed by atoms with van der Waals surface area (Å²) in [6, 6.07) is 8.14. The number of hydrogen-bond acceptors (Lipinski definition) is 6. The molecule has 7 nitrogen and oxygen atoms in total. The molecule has 1 aromatic carbocycles. The van der Waals surface area contributed by atoms with Gasteiger partial charge >= 0.3 is 0 Å². The van der Waals surface area contributed by atoms with Crippen LogP contribution in [-0.4, -0.2) is 30.0 Å². The van der Waals surface area contributed by atoms with Gasteiger partial charge in [-0.1, -0.05) is 25.1 Å². The fourth-order valence-electron chi connectivity index (χ4n) is 2.67. The Bertz CT molecular complexity index is 1040. The summed E-state index contributed by atoms with van der Waals surface area (Å²) in [7, 11) is -3.80. The van der Waals surface area contributed by atoms with Crippen molar-refractivity contribution < 1.29 is 13.2 Å². The lowest BCUT2D eigenvalue weighted by molar-refractivity contribution is 0.241. The van der Waals surface area contributed by atoms with E-state index in [-0.39, 0.29) is 26.5 Å². The number of nitrogens with two attached hydrogens (primary N) is 1. The number of anilines is 1. The van der Waals surface area contributed by atoms with Crippen LogP contribution in [0.1, 0.15) is 19.8 Å². The van der Waals surface area contributed by atoms with Gasteiger partial charge in [0.2, 0.25) is 15.7 Å². The maximum atomic E-state index is 13.0. The molecule has 0 radical (unpaired) electrons. The molecule has 25 heavy (non-hydrogen) atoms. The second kappa shape index (κ2) is 5.45. The van der Waals surface area contributed by atoms with Crippen LogP contribution in [-0.2, 0) is 9.84 Å². The molecule has 130 valence electrons. The lowest BCUT2D eigenvalue weighted by Gasteiger charge is -2.10. The zero-order chi connectivity index (χ0) is 17.7. The molecule has 1 aliphatic rings. The Morgan fingerprint density at radius 3 is 2.64 bits per heavy atom. The molecule has 0 unspecified atom stereocenters. The Morgan fingerprint density at radius 2 is 1.96 bits per heavy atom. The van der Waals surface area contributed by atoms with E-state index >= 15 is 0 Å². The van der Waals surface area contributed by atoms with Gasteiger partial charge in [-0.05, 0) is 25.0 Å². The van der Waals surface area contributed by atoms with Crippen molar-refractivity contribution in [2.45, 2.75) is 29.6 Å². The number of fused-ring (bicyclic) bond motifs is 1. The van der Waals surface area contributed by atoms with Crippen LogP contribution in [0.25, 0.3) is 11.0 Å². The minimum atomic E-state index is -3.80. The molecule has 0 atom stereocenters. The topological polar surface area (TPSA) is 111 Å². The van der Waals surface area contributed by atoms with Gasteiger partial charge in [0.25, 0.3) is 0 Å². The van der Waals surface area contributed by atoms with E-state index in [2.05, 4.69) is 21.9 Å². The Labute approximate surface area is 145 Å². The fraction of sp³-hybridized carbons (Fsp3) is 0.294. The van der Waals surface area contributed by atoms with Gasteiger partial charge in [0.05, 0.1) is 11.5 Å². The summed E-state index contributed by atoms with van der Waals surface area (Å²) in [6.07, 6.45) is 3.52. The molecule has 3 N–H and O–H groups in total. The second-order valence-corrected chi connectivity index (χ2v) is 8.57. The lowest BCUT2D eigenvalue weighted by Crippen LogP contribution is -2.10. The van der Waals surface area contributed by atoms with Crippen molar-refractivity contribution in [3.8, 4) is 5.88 Å². The molecule has 1 aliphatic carbocycles. The number of ether oxygens (including phenoxy) is 1. The summed E-state index contributed by atoms with van der Waals surface area (Å²) < 4.78 is 31.7. The monoisotopic (exact) mass is 358 g/mol. The quantitative estimate of drug-likeness (QED) is 0.725. The standard InChI is InChI=1S/C17H18N4O3S/c1-17(7-8-17)9-24-16-13-12(19-10-20-16)14(15(18)21-13)25(22,23)11-5-3-2-4-6-11/h2-6,10,21H,7-9,18H2,1H3. The Morgan fingerprint density at radius 1 is 1.24 bits per heavy atom. The van der Waals surface area contributed by atoms with E-state index < -0.39 is 9.84 Å². The van der Waals surface area contributed by atoms with Crippen molar-refractivity contribution in [2.75, 3.05) is 12.3 Å². The van der Waals surface area contributed by atoms with Crippen LogP contribution in [0.5, 0.6) is 5.88 Å². The third-order valence-electron chi connectivity index (χ3n) is 4.52. The maximum Gasteiger partial charge on any atom is 0.241 e. The molecule has 1 saturated carbocycles. The van der Waals surface area contributed by atoms with Crippen molar-refractivity contribution in [2.24, 2.45) is 5.41 Å². The first kappa shape index (κ1) is 15.9. The smallest absolute Gasteiger partial charge is 0.241 e. The molecule has 8 heteroatoms. The number of nitrogens with one attached hydrogen (secondary N) is 1. The first-order chi connectivity index (χ1) is 11.9. The van der Waals surface area contributed by atoms with E-state index in [4.69, 9.17) is 10.5 Å². The number of benzene rings is 1. The van der Waals surface area contributed by atoms with Gasteiger partial charge in [0, 0.05) is 5.41 Å². The zero-order valence-electron chi connectivity index (χ0n) is 13.7. The number of sulfone groups is 1. The molecule has 0 bridgehead atoms. The fourth-order valence-corrected chi connectivity index (χ4v) is 4.17. The first-order valence-corrected chi connectivity index (χ1v) is 9.44. The first-order valence-electron chi connectivity index (χ1n) is 7.96. The summed E-state index contributed by atoms with van der Waals surface area (Å²) in [6.45, 7) is 2.67. The summed E-state index contributed by atoms with van der Waals surface area (Å²) in [5, 5.41) is 0. The summed E-state index contributed by atoms with van der Waals surface area (Å²) in [5.41, 5.74) is 6.80. The maximum absolute atomic E-state index is 13.0. The number of H-pyrrole nitrogens is 1. The number of nitrogens with zero attached hydrogens (tertiary/aromatic N) is 2.